The molecule has 0 aliphatic heterocycles. The number of anilines is 1. The summed E-state index contributed by atoms with van der Waals surface area (Å²) < 4.78 is 5.13. The first-order valence-electron chi connectivity index (χ1n) is 12.1. The largest absolute Gasteiger partial charge is 0.459 e. The van der Waals surface area contributed by atoms with Crippen LogP contribution in [0.2, 0.25) is 0 Å². The molecule has 7 heteroatoms. The van der Waals surface area contributed by atoms with Crippen LogP contribution in [0.3, 0.4) is 0 Å². The number of nitrogens with one attached hydrogen (secondary N) is 2. The minimum Gasteiger partial charge on any atom is -0.459 e. The number of hydrogen-bond donors (Lipinski definition) is 2. The molecule has 1 unspecified atom stereocenters. The highest BCUT2D eigenvalue weighted by Crippen LogP contribution is 2.30. The Morgan fingerprint density at radius 2 is 1.66 bits per heavy atom. The van der Waals surface area contributed by atoms with Gasteiger partial charge in [0.2, 0.25) is 11.8 Å². The van der Waals surface area contributed by atoms with E-state index >= 15 is 0 Å². The van der Waals surface area contributed by atoms with Crippen molar-refractivity contribution in [2.75, 3.05) is 11.4 Å². The lowest BCUT2D eigenvalue weighted by molar-refractivity contribution is -0.127. The predicted octanol–water partition coefficient (Wildman–Crippen LogP) is 4.54. The summed E-state index contributed by atoms with van der Waals surface area (Å²) in [6, 6.07) is 19.0. The minimum atomic E-state index is -0.881. The summed E-state index contributed by atoms with van der Waals surface area (Å²) in [5.74, 6) is -0.992. The molecule has 1 aliphatic carbocycles. The first-order chi connectivity index (χ1) is 17.0. The molecule has 0 radical (unpaired) electrons. The molecule has 1 aliphatic rings. The van der Waals surface area contributed by atoms with Gasteiger partial charge in [0.25, 0.3) is 5.91 Å². The molecule has 3 aromatic rings. The number of carbonyl (C=O) groups is 3. The molecule has 1 fully saturated rings. The van der Waals surface area contributed by atoms with Crippen molar-refractivity contribution in [3.63, 3.8) is 0 Å². The van der Waals surface area contributed by atoms with Gasteiger partial charge in [-0.2, -0.15) is 0 Å². The number of hydrogen-bond acceptors (Lipinski definition) is 4. The molecule has 2 aromatic carbocycles. The van der Waals surface area contributed by atoms with Gasteiger partial charge in [-0.15, -0.1) is 0 Å². The normalized spacial score (nSPS) is 14.7. The number of carbonyl (C=O) groups excluding carboxylic acids is 3. The lowest BCUT2D eigenvalue weighted by Gasteiger charge is -2.34. The fourth-order valence-electron chi connectivity index (χ4n) is 4.58. The summed E-state index contributed by atoms with van der Waals surface area (Å²) in [4.78, 5) is 41.3. The van der Waals surface area contributed by atoms with Gasteiger partial charge in [-0.1, -0.05) is 61.7 Å². The highest BCUT2D eigenvalue weighted by molar-refractivity contribution is 6.04. The van der Waals surface area contributed by atoms with Crippen molar-refractivity contribution >= 4 is 23.4 Å². The summed E-state index contributed by atoms with van der Waals surface area (Å²) in [6.45, 7) is 1.65. The second kappa shape index (κ2) is 11.5. The number of rotatable bonds is 8. The smallest absolute Gasteiger partial charge is 0.287 e. The highest BCUT2D eigenvalue weighted by Gasteiger charge is 2.35. The Labute approximate surface area is 205 Å². The molecule has 7 nitrogen and oxygen atoms in total. The topological polar surface area (TPSA) is 91.7 Å². The first kappa shape index (κ1) is 24.3. The van der Waals surface area contributed by atoms with Gasteiger partial charge in [0.1, 0.15) is 6.04 Å². The average molecular weight is 474 g/mol. The van der Waals surface area contributed by atoms with E-state index in [0.29, 0.717) is 5.69 Å². The Kier molecular flexibility index (Phi) is 7.98. The maximum atomic E-state index is 13.8. The van der Waals surface area contributed by atoms with Gasteiger partial charge in [-0.3, -0.25) is 19.3 Å². The van der Waals surface area contributed by atoms with E-state index in [1.54, 1.807) is 18.2 Å². The van der Waals surface area contributed by atoms with E-state index in [2.05, 4.69) is 10.6 Å². The van der Waals surface area contributed by atoms with E-state index < -0.39 is 17.9 Å². The van der Waals surface area contributed by atoms with E-state index in [4.69, 9.17) is 4.42 Å². The van der Waals surface area contributed by atoms with Crippen LogP contribution in [0.15, 0.2) is 77.4 Å². The van der Waals surface area contributed by atoms with Gasteiger partial charge in [-0.05, 0) is 55.2 Å². The SMILES string of the molecule is Cc1ccccc1C(C(=O)NC1CCCCC1)N(C(=O)CNC(=O)c1ccco1)c1ccccc1. The summed E-state index contributed by atoms with van der Waals surface area (Å²) in [6.07, 6.45) is 6.62. The molecule has 1 heterocycles. The molecular weight excluding hydrogens is 442 g/mol. The molecule has 182 valence electrons. The van der Waals surface area contributed by atoms with E-state index in [0.717, 1.165) is 36.8 Å². The van der Waals surface area contributed by atoms with Crippen molar-refractivity contribution in [1.82, 2.24) is 10.6 Å². The van der Waals surface area contributed by atoms with E-state index in [1.165, 1.54) is 23.7 Å². The van der Waals surface area contributed by atoms with E-state index in [1.807, 2.05) is 49.4 Å². The van der Waals surface area contributed by atoms with Crippen molar-refractivity contribution in [3.8, 4) is 0 Å². The van der Waals surface area contributed by atoms with Gasteiger partial charge >= 0.3 is 0 Å². The Morgan fingerprint density at radius 3 is 2.34 bits per heavy atom. The molecule has 2 N–H and O–H groups in total. The minimum absolute atomic E-state index is 0.0918. The van der Waals surface area contributed by atoms with E-state index in [-0.39, 0.29) is 24.3 Å². The first-order valence-corrected chi connectivity index (χ1v) is 12.1. The second-order valence-electron chi connectivity index (χ2n) is 8.86. The van der Waals surface area contributed by atoms with Crippen LogP contribution in [0.1, 0.15) is 59.8 Å². The maximum absolute atomic E-state index is 13.8. The molecule has 0 saturated heterocycles. The summed E-state index contributed by atoms with van der Waals surface area (Å²) in [5, 5.41) is 5.82. The van der Waals surface area contributed by atoms with Crippen LogP contribution in [0.25, 0.3) is 0 Å². The van der Waals surface area contributed by atoms with Gasteiger partial charge < -0.3 is 15.1 Å². The number of nitrogens with zero attached hydrogens (tertiary/aromatic N) is 1. The molecular formula is C28H31N3O4. The van der Waals surface area contributed by atoms with Crippen molar-refractivity contribution in [2.24, 2.45) is 0 Å². The monoisotopic (exact) mass is 473 g/mol. The zero-order valence-corrected chi connectivity index (χ0v) is 19.9. The summed E-state index contributed by atoms with van der Waals surface area (Å²) >= 11 is 0. The molecule has 3 amide bonds. The number of para-hydroxylation sites is 1. The van der Waals surface area contributed by atoms with Crippen molar-refractivity contribution in [1.29, 1.82) is 0 Å². The molecule has 1 saturated carbocycles. The standard InChI is InChI=1S/C28H31N3O4/c1-20-11-8-9-16-23(20)26(28(34)30-21-12-4-2-5-13-21)31(22-14-6-3-7-15-22)25(32)19-29-27(33)24-17-10-18-35-24/h3,6-11,14-18,21,26H,2,4-5,12-13,19H2,1H3,(H,29,33)(H,30,34). The van der Waals surface area contributed by atoms with Crippen LogP contribution in [0.4, 0.5) is 5.69 Å². The van der Waals surface area contributed by atoms with Gasteiger partial charge in [0.15, 0.2) is 5.76 Å². The van der Waals surface area contributed by atoms with Crippen LogP contribution in [0.5, 0.6) is 0 Å². The Bertz CT molecular complexity index is 1140. The van der Waals surface area contributed by atoms with E-state index in [9.17, 15) is 14.4 Å². The number of amides is 3. The fraction of sp³-hybridized carbons (Fsp3) is 0.321. The van der Waals surface area contributed by atoms with Crippen LogP contribution in [-0.2, 0) is 9.59 Å². The number of aryl methyl sites for hydroxylation is 1. The fourth-order valence-corrected chi connectivity index (χ4v) is 4.58. The Balaban J connectivity index is 1.66. The molecule has 4 rings (SSSR count). The lowest BCUT2D eigenvalue weighted by atomic mass is 9.93. The van der Waals surface area contributed by atoms with Gasteiger partial charge in [-0.25, -0.2) is 0 Å². The van der Waals surface area contributed by atoms with Crippen LogP contribution in [0, 0.1) is 6.92 Å². The summed E-state index contributed by atoms with van der Waals surface area (Å²) in [7, 11) is 0. The summed E-state index contributed by atoms with van der Waals surface area (Å²) in [5.41, 5.74) is 2.23. The van der Waals surface area contributed by atoms with Crippen molar-refractivity contribution < 1.29 is 18.8 Å². The maximum Gasteiger partial charge on any atom is 0.287 e. The zero-order valence-electron chi connectivity index (χ0n) is 19.9. The second-order valence-corrected chi connectivity index (χ2v) is 8.86. The highest BCUT2D eigenvalue weighted by atomic mass is 16.3. The van der Waals surface area contributed by atoms with Crippen molar-refractivity contribution in [3.05, 3.63) is 89.9 Å². The molecule has 1 atom stereocenters. The Hall–Kier alpha value is -3.87. The molecule has 0 bridgehead atoms. The van der Waals surface area contributed by atoms with Crippen LogP contribution < -0.4 is 15.5 Å². The lowest BCUT2D eigenvalue weighted by Crippen LogP contribution is -2.50. The van der Waals surface area contributed by atoms with Crippen LogP contribution >= 0.6 is 0 Å². The number of furan rings is 1. The molecule has 1 aromatic heterocycles. The van der Waals surface area contributed by atoms with Crippen LogP contribution in [-0.4, -0.2) is 30.3 Å². The Morgan fingerprint density at radius 1 is 0.943 bits per heavy atom. The molecule has 0 spiro atoms. The molecule has 35 heavy (non-hydrogen) atoms. The number of benzene rings is 2. The van der Waals surface area contributed by atoms with Gasteiger partial charge in [0.05, 0.1) is 12.8 Å². The zero-order chi connectivity index (χ0) is 24.6. The quantitative estimate of drug-likeness (QED) is 0.502. The van der Waals surface area contributed by atoms with Crippen molar-refractivity contribution in [2.45, 2.75) is 51.1 Å². The third-order valence-electron chi connectivity index (χ3n) is 6.39. The average Bonchev–Trinajstić information content (AvgIpc) is 3.42. The third-order valence-corrected chi connectivity index (χ3v) is 6.39. The third kappa shape index (κ3) is 5.98. The predicted molar refractivity (Wildman–Crippen MR) is 134 cm³/mol. The van der Waals surface area contributed by atoms with Gasteiger partial charge in [0, 0.05) is 11.7 Å².